The van der Waals surface area contributed by atoms with Gasteiger partial charge in [0.2, 0.25) is 17.5 Å². The Kier molecular flexibility index (Phi) is 10.6. The largest absolute Gasteiger partial charge is 0.508 e. The SMILES string of the molecule is O=c1c(O[C@H]2O[C@@H](CO)[C@H](O[C@H]3O[C@@H](CO)[C@H](O)[C@H]3O[C@@H]3OC[C@@H](O)[C@@H](O)[C@@H]3O)[C@@H](O)[C@@H]2O)c(-c2ccc(O)c(O)c2)oc2cc(O)cc(O)c12. The zero-order valence-electron chi connectivity index (χ0n) is 26.1. The van der Waals surface area contributed by atoms with E-state index in [2.05, 4.69) is 0 Å². The summed E-state index contributed by atoms with van der Waals surface area (Å²) in [5, 5.41) is 123. The summed E-state index contributed by atoms with van der Waals surface area (Å²) in [6.45, 7) is -2.13. The number of fused-ring (bicyclic) bond motifs is 1. The molecule has 20 heteroatoms. The highest BCUT2D eigenvalue weighted by molar-refractivity contribution is 5.88. The van der Waals surface area contributed by atoms with Crippen LogP contribution in [0.2, 0.25) is 0 Å². The number of ether oxygens (including phenoxy) is 6. The van der Waals surface area contributed by atoms with E-state index in [0.29, 0.717) is 0 Å². The first-order valence-corrected chi connectivity index (χ1v) is 15.5. The Morgan fingerprint density at radius 1 is 0.686 bits per heavy atom. The quantitative estimate of drug-likeness (QED) is 0.0946. The Hall–Kier alpha value is -3.87. The van der Waals surface area contributed by atoms with Crippen molar-refractivity contribution < 1.29 is 94.1 Å². The van der Waals surface area contributed by atoms with E-state index in [-0.39, 0.29) is 11.1 Å². The molecule has 2 aromatic carbocycles. The topological polar surface area (TPSA) is 328 Å². The molecule has 0 aliphatic carbocycles. The highest BCUT2D eigenvalue weighted by atomic mass is 16.8. The maximum atomic E-state index is 13.7. The van der Waals surface area contributed by atoms with Crippen LogP contribution >= 0.6 is 0 Å². The third-order valence-corrected chi connectivity index (χ3v) is 8.72. The third kappa shape index (κ3) is 6.90. The second kappa shape index (κ2) is 14.6. The third-order valence-electron chi connectivity index (χ3n) is 8.72. The first-order chi connectivity index (χ1) is 24.2. The molecule has 3 aliphatic heterocycles. The summed E-state index contributed by atoms with van der Waals surface area (Å²) in [5.74, 6) is -3.53. The van der Waals surface area contributed by atoms with Crippen molar-refractivity contribution in [3.8, 4) is 40.1 Å². The van der Waals surface area contributed by atoms with Gasteiger partial charge in [-0.1, -0.05) is 0 Å². The molecule has 0 amide bonds. The zero-order valence-corrected chi connectivity index (χ0v) is 26.1. The van der Waals surface area contributed by atoms with E-state index in [1.54, 1.807) is 0 Å². The van der Waals surface area contributed by atoms with Crippen LogP contribution in [0, 0.1) is 0 Å². The number of benzene rings is 2. The molecule has 280 valence electrons. The molecule has 4 heterocycles. The minimum atomic E-state index is -2.08. The first kappa shape index (κ1) is 36.9. The molecule has 0 radical (unpaired) electrons. The lowest BCUT2D eigenvalue weighted by Crippen LogP contribution is -2.62. The summed E-state index contributed by atoms with van der Waals surface area (Å²) in [7, 11) is 0. The molecule has 12 N–H and O–H groups in total. The lowest BCUT2D eigenvalue weighted by Gasteiger charge is -2.43. The predicted octanol–water partition coefficient (Wildman–Crippen LogP) is -3.61. The Labute approximate surface area is 285 Å². The van der Waals surface area contributed by atoms with Crippen LogP contribution in [-0.4, -0.2) is 161 Å². The van der Waals surface area contributed by atoms with E-state index in [0.717, 1.165) is 24.3 Å². The van der Waals surface area contributed by atoms with Gasteiger partial charge in [-0.05, 0) is 18.2 Å². The number of aliphatic hydroxyl groups is 8. The van der Waals surface area contributed by atoms with Crippen molar-refractivity contribution in [2.24, 2.45) is 0 Å². The average Bonchev–Trinajstić information content (AvgIpc) is 3.39. The lowest BCUT2D eigenvalue weighted by atomic mass is 9.98. The number of aromatic hydroxyl groups is 4. The molecule has 3 aliphatic rings. The smallest absolute Gasteiger partial charge is 0.239 e. The summed E-state index contributed by atoms with van der Waals surface area (Å²) < 4.78 is 39.3. The standard InChI is InChI=1S/C31H36O20/c32-6-16-20(40)28(51-29-23(43)19(39)14(38)8-45-29)31(47-16)49-26-17(7-33)48-30(24(44)22(26)42)50-27-21(41)18-13(37)4-10(34)5-15(18)46-25(27)9-1-2-11(35)12(36)3-9/h1-5,14,16-17,19-20,22-24,26,28-40,42-44H,6-8H2/t14-,16+,17+,19-,20+,22+,23+,24+,26+,28-,29+,30-,31-/m1/s1. The zero-order chi connectivity index (χ0) is 36.9. The van der Waals surface area contributed by atoms with Crippen molar-refractivity contribution >= 4 is 11.0 Å². The van der Waals surface area contributed by atoms with Crippen molar-refractivity contribution in [2.75, 3.05) is 19.8 Å². The van der Waals surface area contributed by atoms with Crippen LogP contribution in [0.5, 0.6) is 28.7 Å². The Morgan fingerprint density at radius 3 is 2.04 bits per heavy atom. The molecule has 0 saturated carbocycles. The minimum Gasteiger partial charge on any atom is -0.508 e. The van der Waals surface area contributed by atoms with Gasteiger partial charge in [0.1, 0.15) is 83.5 Å². The Balaban J connectivity index is 1.28. The highest BCUT2D eigenvalue weighted by Gasteiger charge is 2.53. The second-order valence-corrected chi connectivity index (χ2v) is 12.1. The van der Waals surface area contributed by atoms with Crippen LogP contribution in [0.15, 0.2) is 39.5 Å². The van der Waals surface area contributed by atoms with Crippen molar-refractivity contribution in [3.05, 3.63) is 40.6 Å². The minimum absolute atomic E-state index is 0.0663. The molecule has 3 saturated heterocycles. The summed E-state index contributed by atoms with van der Waals surface area (Å²) in [4.78, 5) is 13.7. The molecule has 0 spiro atoms. The van der Waals surface area contributed by atoms with Crippen LogP contribution in [0.1, 0.15) is 0 Å². The molecule has 1 aromatic heterocycles. The van der Waals surface area contributed by atoms with Gasteiger partial charge in [-0.3, -0.25) is 4.79 Å². The Morgan fingerprint density at radius 2 is 1.35 bits per heavy atom. The predicted molar refractivity (Wildman–Crippen MR) is 162 cm³/mol. The van der Waals surface area contributed by atoms with E-state index >= 15 is 0 Å². The van der Waals surface area contributed by atoms with Gasteiger partial charge in [-0.2, -0.15) is 0 Å². The number of aliphatic hydroxyl groups excluding tert-OH is 8. The fourth-order valence-corrected chi connectivity index (χ4v) is 5.98. The van der Waals surface area contributed by atoms with Gasteiger partial charge in [0.25, 0.3) is 0 Å². The molecule has 0 unspecified atom stereocenters. The van der Waals surface area contributed by atoms with E-state index in [9.17, 15) is 66.1 Å². The first-order valence-electron chi connectivity index (χ1n) is 15.5. The fourth-order valence-electron chi connectivity index (χ4n) is 5.98. The number of hydrogen-bond acceptors (Lipinski definition) is 20. The molecule has 6 rings (SSSR count). The maximum absolute atomic E-state index is 13.7. The van der Waals surface area contributed by atoms with Crippen LogP contribution in [0.4, 0.5) is 0 Å². The summed E-state index contributed by atoms with van der Waals surface area (Å²) >= 11 is 0. The lowest BCUT2D eigenvalue weighted by molar-refractivity contribution is -0.333. The monoisotopic (exact) mass is 728 g/mol. The summed E-state index contributed by atoms with van der Waals surface area (Å²) in [6, 6.07) is 5.13. The van der Waals surface area contributed by atoms with Crippen molar-refractivity contribution in [1.82, 2.24) is 0 Å². The molecule has 3 aromatic rings. The van der Waals surface area contributed by atoms with Gasteiger partial charge in [0.15, 0.2) is 29.8 Å². The number of rotatable bonds is 9. The molecular weight excluding hydrogens is 692 g/mol. The van der Waals surface area contributed by atoms with Crippen molar-refractivity contribution in [1.29, 1.82) is 0 Å². The van der Waals surface area contributed by atoms with Gasteiger partial charge in [0, 0.05) is 17.7 Å². The van der Waals surface area contributed by atoms with E-state index < -0.39 is 145 Å². The van der Waals surface area contributed by atoms with Crippen LogP contribution in [0.3, 0.4) is 0 Å². The number of hydrogen-bond donors (Lipinski definition) is 12. The molecule has 20 nitrogen and oxygen atoms in total. The molecule has 13 atom stereocenters. The van der Waals surface area contributed by atoms with Crippen LogP contribution in [0.25, 0.3) is 22.3 Å². The van der Waals surface area contributed by atoms with Crippen molar-refractivity contribution in [3.63, 3.8) is 0 Å². The van der Waals surface area contributed by atoms with Gasteiger partial charge < -0.3 is 94.1 Å². The molecule has 0 bridgehead atoms. The molecule has 3 fully saturated rings. The molecular formula is C31H36O20. The average molecular weight is 729 g/mol. The molecule has 51 heavy (non-hydrogen) atoms. The van der Waals surface area contributed by atoms with Crippen LogP contribution < -0.4 is 10.2 Å². The Bertz CT molecular complexity index is 1760. The van der Waals surface area contributed by atoms with Gasteiger partial charge in [0.05, 0.1) is 19.8 Å². The number of phenolic OH excluding ortho intramolecular Hbond substituents is 4. The summed E-state index contributed by atoms with van der Waals surface area (Å²) in [6.07, 6.45) is -22.1. The maximum Gasteiger partial charge on any atom is 0.239 e. The van der Waals surface area contributed by atoms with Crippen molar-refractivity contribution in [2.45, 2.75) is 79.9 Å². The highest BCUT2D eigenvalue weighted by Crippen LogP contribution is 2.40. The fraction of sp³-hybridized carbons (Fsp3) is 0.516. The van der Waals surface area contributed by atoms with E-state index in [1.807, 2.05) is 0 Å². The number of phenols is 4. The van der Waals surface area contributed by atoms with Crippen LogP contribution in [-0.2, 0) is 23.7 Å². The van der Waals surface area contributed by atoms with Gasteiger partial charge >= 0.3 is 0 Å². The van der Waals surface area contributed by atoms with Gasteiger partial charge in [-0.15, -0.1) is 0 Å². The van der Waals surface area contributed by atoms with E-state index in [1.165, 1.54) is 6.07 Å². The second-order valence-electron chi connectivity index (χ2n) is 12.1. The normalized spacial score (nSPS) is 35.6. The summed E-state index contributed by atoms with van der Waals surface area (Å²) in [5.41, 5.74) is -1.45. The van der Waals surface area contributed by atoms with Gasteiger partial charge in [-0.25, -0.2) is 0 Å². The van der Waals surface area contributed by atoms with E-state index in [4.69, 9.17) is 32.8 Å².